The van der Waals surface area contributed by atoms with Gasteiger partial charge in [0, 0.05) is 19.6 Å². The average Bonchev–Trinajstić information content (AvgIpc) is 2.33. The first-order valence-corrected chi connectivity index (χ1v) is 7.65. The highest BCUT2D eigenvalue weighted by atomic mass is 32.2. The Balaban J connectivity index is 1.92. The highest BCUT2D eigenvalue weighted by molar-refractivity contribution is 7.91. The van der Waals surface area contributed by atoms with Crippen LogP contribution in [0, 0.1) is 5.82 Å². The molecule has 1 N–H and O–H groups in total. The van der Waals surface area contributed by atoms with Crippen molar-refractivity contribution in [2.45, 2.75) is 6.10 Å². The van der Waals surface area contributed by atoms with Crippen LogP contribution in [0.1, 0.15) is 11.7 Å². The lowest BCUT2D eigenvalue weighted by molar-refractivity contribution is 0.118. The van der Waals surface area contributed by atoms with Crippen LogP contribution in [0.2, 0.25) is 0 Å². The van der Waals surface area contributed by atoms with Crippen LogP contribution in [-0.2, 0) is 9.84 Å². The standard InChI is InChI=1S/C12H16FNO3S/c13-11-3-1-10(2-4-11)12(15)9-14-5-7-18(16,17)8-6-14/h1-4,12,15H,5-9H2. The molecule has 0 amide bonds. The molecule has 0 radical (unpaired) electrons. The Labute approximate surface area is 106 Å². The quantitative estimate of drug-likeness (QED) is 0.875. The molecule has 1 atom stereocenters. The third-order valence-corrected chi connectivity index (χ3v) is 4.73. The summed E-state index contributed by atoms with van der Waals surface area (Å²) in [6, 6.07) is 5.69. The van der Waals surface area contributed by atoms with Crippen LogP contribution >= 0.6 is 0 Å². The number of hydrogen-bond donors (Lipinski definition) is 1. The summed E-state index contributed by atoms with van der Waals surface area (Å²) >= 11 is 0. The van der Waals surface area contributed by atoms with E-state index in [-0.39, 0.29) is 17.3 Å². The van der Waals surface area contributed by atoms with Crippen LogP contribution in [0.15, 0.2) is 24.3 Å². The molecule has 18 heavy (non-hydrogen) atoms. The van der Waals surface area contributed by atoms with Crippen LogP contribution in [0.3, 0.4) is 0 Å². The second-order valence-corrected chi connectivity index (χ2v) is 6.82. The summed E-state index contributed by atoms with van der Waals surface area (Å²) < 4.78 is 35.3. The van der Waals surface area contributed by atoms with E-state index >= 15 is 0 Å². The van der Waals surface area contributed by atoms with Gasteiger partial charge in [-0.1, -0.05) is 12.1 Å². The van der Waals surface area contributed by atoms with E-state index in [1.807, 2.05) is 4.90 Å². The molecule has 0 aliphatic carbocycles. The minimum Gasteiger partial charge on any atom is -0.387 e. The number of rotatable bonds is 3. The maximum absolute atomic E-state index is 12.7. The summed E-state index contributed by atoms with van der Waals surface area (Å²) in [5, 5.41) is 9.98. The van der Waals surface area contributed by atoms with Crippen molar-refractivity contribution in [1.82, 2.24) is 4.90 Å². The predicted molar refractivity (Wildman–Crippen MR) is 66.5 cm³/mol. The third-order valence-electron chi connectivity index (χ3n) is 3.12. The first-order chi connectivity index (χ1) is 8.46. The Morgan fingerprint density at radius 3 is 2.33 bits per heavy atom. The second kappa shape index (κ2) is 5.34. The van der Waals surface area contributed by atoms with Gasteiger partial charge >= 0.3 is 0 Å². The van der Waals surface area contributed by atoms with E-state index < -0.39 is 15.9 Å². The van der Waals surface area contributed by atoms with Gasteiger partial charge in [-0.25, -0.2) is 12.8 Å². The molecule has 2 rings (SSSR count). The van der Waals surface area contributed by atoms with Gasteiger partial charge in [-0.15, -0.1) is 0 Å². The molecule has 0 spiro atoms. The monoisotopic (exact) mass is 273 g/mol. The Morgan fingerprint density at radius 2 is 1.78 bits per heavy atom. The van der Waals surface area contributed by atoms with E-state index in [4.69, 9.17) is 0 Å². The van der Waals surface area contributed by atoms with Crippen LogP contribution in [0.5, 0.6) is 0 Å². The molecule has 1 aliphatic rings. The molecule has 100 valence electrons. The number of sulfone groups is 1. The molecule has 1 saturated heterocycles. The fourth-order valence-corrected chi connectivity index (χ4v) is 3.24. The molecule has 0 bridgehead atoms. The predicted octanol–water partition coefficient (Wildman–Crippen LogP) is 0.589. The van der Waals surface area contributed by atoms with Crippen molar-refractivity contribution in [3.8, 4) is 0 Å². The normalized spacial score (nSPS) is 21.7. The molecular formula is C12H16FNO3S. The Hall–Kier alpha value is -0.980. The largest absolute Gasteiger partial charge is 0.387 e. The van der Waals surface area contributed by atoms with Crippen LogP contribution < -0.4 is 0 Å². The fraction of sp³-hybridized carbons (Fsp3) is 0.500. The van der Waals surface area contributed by atoms with Crippen molar-refractivity contribution in [3.63, 3.8) is 0 Å². The van der Waals surface area contributed by atoms with Crippen molar-refractivity contribution < 1.29 is 17.9 Å². The third kappa shape index (κ3) is 3.51. The number of β-amino-alcohol motifs (C(OH)–C–C–N with tert-alkyl or cyclic N) is 1. The van der Waals surface area contributed by atoms with Gasteiger partial charge in [0.05, 0.1) is 17.6 Å². The lowest BCUT2D eigenvalue weighted by Gasteiger charge is -2.28. The zero-order chi connectivity index (χ0) is 13.2. The smallest absolute Gasteiger partial charge is 0.152 e. The lowest BCUT2D eigenvalue weighted by Crippen LogP contribution is -2.42. The molecule has 1 aromatic carbocycles. The van der Waals surface area contributed by atoms with Gasteiger partial charge in [0.15, 0.2) is 9.84 Å². The Kier molecular flexibility index (Phi) is 3.99. The molecule has 4 nitrogen and oxygen atoms in total. The summed E-state index contributed by atoms with van der Waals surface area (Å²) in [6.07, 6.45) is -0.716. The van der Waals surface area contributed by atoms with Gasteiger partial charge < -0.3 is 5.11 Å². The van der Waals surface area contributed by atoms with Crippen molar-refractivity contribution in [2.24, 2.45) is 0 Å². The van der Waals surface area contributed by atoms with Gasteiger partial charge in [-0.2, -0.15) is 0 Å². The van der Waals surface area contributed by atoms with Gasteiger partial charge in [-0.05, 0) is 17.7 Å². The lowest BCUT2D eigenvalue weighted by atomic mass is 10.1. The number of aliphatic hydroxyl groups is 1. The number of halogens is 1. The number of hydrogen-bond acceptors (Lipinski definition) is 4. The molecule has 0 aromatic heterocycles. The van der Waals surface area contributed by atoms with E-state index in [0.717, 1.165) is 0 Å². The van der Waals surface area contributed by atoms with Gasteiger partial charge in [0.25, 0.3) is 0 Å². The van der Waals surface area contributed by atoms with Gasteiger partial charge in [-0.3, -0.25) is 4.90 Å². The molecule has 1 aromatic rings. The molecule has 1 unspecified atom stereocenters. The molecular weight excluding hydrogens is 257 g/mol. The molecule has 0 saturated carbocycles. The number of nitrogens with zero attached hydrogens (tertiary/aromatic N) is 1. The van der Waals surface area contributed by atoms with Crippen LogP contribution in [0.25, 0.3) is 0 Å². The van der Waals surface area contributed by atoms with E-state index in [1.165, 1.54) is 12.1 Å². The maximum atomic E-state index is 12.7. The minimum absolute atomic E-state index is 0.142. The topological polar surface area (TPSA) is 57.6 Å². The summed E-state index contributed by atoms with van der Waals surface area (Å²) in [5.74, 6) is -0.0539. The van der Waals surface area contributed by atoms with Crippen molar-refractivity contribution in [3.05, 3.63) is 35.6 Å². The summed E-state index contributed by atoms with van der Waals surface area (Å²) in [5.41, 5.74) is 0.643. The number of aliphatic hydroxyl groups excluding tert-OH is 1. The highest BCUT2D eigenvalue weighted by Crippen LogP contribution is 2.16. The second-order valence-electron chi connectivity index (χ2n) is 4.52. The summed E-state index contributed by atoms with van der Waals surface area (Å²) in [6.45, 7) is 1.27. The first kappa shape index (κ1) is 13.5. The first-order valence-electron chi connectivity index (χ1n) is 5.82. The summed E-state index contributed by atoms with van der Waals surface area (Å²) in [7, 11) is -2.89. The number of benzene rings is 1. The summed E-state index contributed by atoms with van der Waals surface area (Å²) in [4.78, 5) is 1.91. The zero-order valence-corrected chi connectivity index (χ0v) is 10.7. The minimum atomic E-state index is -2.89. The molecule has 6 heteroatoms. The fourth-order valence-electron chi connectivity index (χ4n) is 1.97. The van der Waals surface area contributed by atoms with Crippen molar-refractivity contribution >= 4 is 9.84 Å². The van der Waals surface area contributed by atoms with Gasteiger partial charge in [0.1, 0.15) is 5.82 Å². The zero-order valence-electron chi connectivity index (χ0n) is 9.92. The van der Waals surface area contributed by atoms with E-state index in [2.05, 4.69) is 0 Å². The maximum Gasteiger partial charge on any atom is 0.152 e. The van der Waals surface area contributed by atoms with Gasteiger partial charge in [0.2, 0.25) is 0 Å². The Bertz CT molecular complexity index is 487. The molecule has 1 aliphatic heterocycles. The average molecular weight is 273 g/mol. The van der Waals surface area contributed by atoms with E-state index in [0.29, 0.717) is 25.2 Å². The van der Waals surface area contributed by atoms with Crippen molar-refractivity contribution in [1.29, 1.82) is 0 Å². The SMILES string of the molecule is O=S1(=O)CCN(CC(O)c2ccc(F)cc2)CC1. The molecule has 1 heterocycles. The van der Waals surface area contributed by atoms with Crippen molar-refractivity contribution in [2.75, 3.05) is 31.1 Å². The van der Waals surface area contributed by atoms with E-state index in [9.17, 15) is 17.9 Å². The van der Waals surface area contributed by atoms with Crippen LogP contribution in [-0.4, -0.2) is 49.6 Å². The molecule has 1 fully saturated rings. The highest BCUT2D eigenvalue weighted by Gasteiger charge is 2.23. The van der Waals surface area contributed by atoms with E-state index in [1.54, 1.807) is 12.1 Å². The van der Waals surface area contributed by atoms with Crippen LogP contribution in [0.4, 0.5) is 4.39 Å². The Morgan fingerprint density at radius 1 is 1.22 bits per heavy atom.